The zero-order valence-electron chi connectivity index (χ0n) is 33.5. The van der Waals surface area contributed by atoms with Gasteiger partial charge in [-0.2, -0.15) is 0 Å². The molecule has 2 unspecified atom stereocenters. The van der Waals surface area contributed by atoms with Crippen molar-refractivity contribution in [3.8, 4) is 22.3 Å². The van der Waals surface area contributed by atoms with E-state index in [-0.39, 0.29) is 7.25 Å². The average molecular weight is 828 g/mol. The summed E-state index contributed by atoms with van der Waals surface area (Å²) in [6, 6.07) is 27.7. The fraction of sp³-hybridized carbons (Fsp3) is 0.417. The van der Waals surface area contributed by atoms with Gasteiger partial charge in [-0.05, 0) is 0 Å². The zero-order chi connectivity index (χ0) is 37.6. The van der Waals surface area contributed by atoms with E-state index in [2.05, 4.69) is 153 Å². The quantitative estimate of drug-likeness (QED) is 0.118. The van der Waals surface area contributed by atoms with Crippen LogP contribution in [-0.2, 0) is 28.4 Å². The van der Waals surface area contributed by atoms with E-state index in [1.54, 1.807) is 0 Å². The van der Waals surface area contributed by atoms with Crippen molar-refractivity contribution in [3.63, 3.8) is 0 Å². The molecule has 0 spiro atoms. The van der Waals surface area contributed by atoms with Crippen LogP contribution < -0.4 is 0 Å². The molecule has 0 bridgehead atoms. The van der Waals surface area contributed by atoms with Gasteiger partial charge in [0.2, 0.25) is 0 Å². The number of rotatable bonds is 13. The van der Waals surface area contributed by atoms with E-state index < -0.39 is 21.5 Å². The Morgan fingerprint density at radius 2 is 0.981 bits per heavy atom. The van der Waals surface area contributed by atoms with Gasteiger partial charge in [0.05, 0.1) is 0 Å². The Labute approximate surface area is 324 Å². The molecule has 2 atom stereocenters. The fourth-order valence-electron chi connectivity index (χ4n) is 9.84. The summed E-state index contributed by atoms with van der Waals surface area (Å²) in [4.78, 5) is 0. The number of benzene rings is 4. The molecule has 2 aliphatic rings. The molecule has 2 aliphatic carbocycles. The first kappa shape index (κ1) is 39.7. The molecule has 4 aromatic carbocycles. The van der Waals surface area contributed by atoms with Crippen molar-refractivity contribution in [1.29, 1.82) is 0 Å². The van der Waals surface area contributed by atoms with Crippen molar-refractivity contribution in [1.82, 2.24) is 0 Å². The molecule has 0 nitrogen and oxygen atoms in total. The van der Waals surface area contributed by atoms with Gasteiger partial charge in [0, 0.05) is 0 Å². The van der Waals surface area contributed by atoms with Gasteiger partial charge >= 0.3 is 327 Å². The summed E-state index contributed by atoms with van der Waals surface area (Å²) in [6.45, 7) is 23.6. The number of halogens is 2. The van der Waals surface area contributed by atoms with E-state index in [1.165, 1.54) is 77.9 Å². The predicted octanol–water partition coefficient (Wildman–Crippen LogP) is 15.2. The van der Waals surface area contributed by atoms with Gasteiger partial charge in [-0.25, -0.2) is 0 Å². The molecule has 0 radical (unpaired) electrons. The van der Waals surface area contributed by atoms with Crippen LogP contribution in [0.3, 0.4) is 0 Å². The Hall–Kier alpha value is -1.96. The standard InChI is InChI=1S/2C23H27.C2H7Si.2ClH.Zr/c2*1-5-8-19-11-12-20-14-18(13-16(2)3)15-22(20)23(19)21-10-7-6-9-17(21)4;1-3-2;;;/h2*6-7,9-12,14-16H,5,8,13H2,1-4H3;3H,1-2H3;2*1H;/q;;;;;+2/p-2. The molecule has 4 aromatic rings. The van der Waals surface area contributed by atoms with Crippen LogP contribution in [0.4, 0.5) is 0 Å². The third-order valence-corrected chi connectivity index (χ3v) is 64.0. The predicted molar refractivity (Wildman–Crippen MR) is 232 cm³/mol. The molecular formula is C48H61Cl2SiZr. The number of fused-ring (bicyclic) bond motifs is 2. The first-order valence-corrected chi connectivity index (χ1v) is 36.5. The third kappa shape index (κ3) is 6.91. The number of hydrogen-bond acceptors (Lipinski definition) is 0. The molecule has 0 fully saturated rings. The molecule has 0 aliphatic heterocycles. The van der Waals surface area contributed by atoms with Gasteiger partial charge in [0.25, 0.3) is 0 Å². The summed E-state index contributed by atoms with van der Waals surface area (Å²) < 4.78 is 0.187. The Bertz CT molecular complexity index is 1890. The van der Waals surface area contributed by atoms with Crippen molar-refractivity contribution in [2.75, 3.05) is 0 Å². The number of allylic oxidation sites excluding steroid dienone is 2. The van der Waals surface area contributed by atoms with Gasteiger partial charge in [0.15, 0.2) is 0 Å². The molecule has 0 saturated carbocycles. The minimum atomic E-state index is -4.98. The fourth-order valence-corrected chi connectivity index (χ4v) is 41.2. The van der Waals surface area contributed by atoms with E-state index in [0.29, 0.717) is 11.8 Å². The van der Waals surface area contributed by atoms with Crippen LogP contribution in [0.2, 0.25) is 13.1 Å². The Balaban J connectivity index is 1.68. The SMILES string of the molecule is CCCc1ccc2c(c1-c1ccccc1C)C=C(CC(C)C)[CH]2[Zr]([Cl])([Cl])([CH]1C(CC(C)C)=Cc2c1ccc(CCC)c2-c1ccccc1C)[SiH](C)C. The van der Waals surface area contributed by atoms with Gasteiger partial charge in [-0.3, -0.25) is 0 Å². The molecule has 0 saturated heterocycles. The average Bonchev–Trinajstić information content (AvgIpc) is 3.64. The van der Waals surface area contributed by atoms with Crippen LogP contribution in [-0.4, -0.2) is 5.92 Å². The van der Waals surface area contributed by atoms with Crippen LogP contribution in [0.1, 0.15) is 119 Å². The first-order valence-electron chi connectivity index (χ1n) is 20.1. The molecule has 52 heavy (non-hydrogen) atoms. The van der Waals surface area contributed by atoms with Crippen LogP contribution in [0, 0.1) is 25.7 Å². The van der Waals surface area contributed by atoms with Crippen molar-refractivity contribution in [3.05, 3.63) is 128 Å². The van der Waals surface area contributed by atoms with Crippen molar-refractivity contribution in [2.45, 2.75) is 114 Å². The van der Waals surface area contributed by atoms with E-state index in [4.69, 9.17) is 17.0 Å². The Kier molecular flexibility index (Phi) is 12.0. The molecule has 4 heteroatoms. The minimum absolute atomic E-state index is 0.0935. The van der Waals surface area contributed by atoms with Crippen molar-refractivity contribution in [2.24, 2.45) is 11.8 Å². The second-order valence-electron chi connectivity index (χ2n) is 17.2. The van der Waals surface area contributed by atoms with E-state index in [1.807, 2.05) is 0 Å². The van der Waals surface area contributed by atoms with E-state index in [0.717, 1.165) is 38.5 Å². The van der Waals surface area contributed by atoms with Gasteiger partial charge in [-0.1, -0.05) is 0 Å². The normalized spacial score (nSPS) is 17.7. The molecular weight excluding hydrogens is 767 g/mol. The van der Waals surface area contributed by atoms with Crippen LogP contribution in [0.25, 0.3) is 34.4 Å². The monoisotopic (exact) mass is 825 g/mol. The van der Waals surface area contributed by atoms with Crippen molar-refractivity contribution >= 4 is 35.1 Å². The second-order valence-corrected chi connectivity index (χ2v) is 59.7. The van der Waals surface area contributed by atoms with Gasteiger partial charge < -0.3 is 0 Å². The Morgan fingerprint density at radius 1 is 0.596 bits per heavy atom. The molecule has 6 rings (SSSR count). The van der Waals surface area contributed by atoms with Crippen LogP contribution >= 0.6 is 17.0 Å². The van der Waals surface area contributed by atoms with Crippen LogP contribution in [0.5, 0.6) is 0 Å². The maximum absolute atomic E-state index is 8.97. The maximum atomic E-state index is 8.97. The van der Waals surface area contributed by atoms with Crippen LogP contribution in [0.15, 0.2) is 83.9 Å². The molecule has 0 aromatic heterocycles. The van der Waals surface area contributed by atoms with E-state index in [9.17, 15) is 0 Å². The van der Waals surface area contributed by atoms with Crippen molar-refractivity contribution < 1.29 is 15.6 Å². The van der Waals surface area contributed by atoms with Gasteiger partial charge in [0.1, 0.15) is 0 Å². The second kappa shape index (κ2) is 15.6. The molecule has 0 heterocycles. The van der Waals surface area contributed by atoms with Gasteiger partial charge in [-0.15, -0.1) is 0 Å². The summed E-state index contributed by atoms with van der Waals surface area (Å²) in [5.41, 5.74) is 19.6. The number of aryl methyl sites for hydroxylation is 4. The Morgan fingerprint density at radius 3 is 1.31 bits per heavy atom. The zero-order valence-corrected chi connectivity index (χ0v) is 38.6. The molecule has 0 N–H and O–H groups in total. The third-order valence-electron chi connectivity index (χ3n) is 12.1. The first-order chi connectivity index (χ1) is 24.7. The summed E-state index contributed by atoms with van der Waals surface area (Å²) in [5.74, 6) is -0.685. The molecule has 0 amide bonds. The number of hydrogen-bond donors (Lipinski definition) is 0. The summed E-state index contributed by atoms with van der Waals surface area (Å²) >= 11 is -4.98. The van der Waals surface area contributed by atoms with E-state index >= 15 is 0 Å². The summed E-state index contributed by atoms with van der Waals surface area (Å²) in [5, 5.41) is 0. The summed E-state index contributed by atoms with van der Waals surface area (Å²) in [6.07, 6.45) is 11.6. The molecule has 275 valence electrons. The topological polar surface area (TPSA) is 0 Å². The summed E-state index contributed by atoms with van der Waals surface area (Å²) in [7, 11) is 17.9.